The number of halogens is 2. The van der Waals surface area contributed by atoms with E-state index in [1.807, 2.05) is 0 Å². The molecule has 1 aromatic rings. The zero-order valence-corrected chi connectivity index (χ0v) is 14.1. The van der Waals surface area contributed by atoms with Crippen molar-refractivity contribution in [2.45, 2.75) is 12.5 Å². The van der Waals surface area contributed by atoms with E-state index in [1.165, 1.54) is 4.90 Å². The third kappa shape index (κ3) is 4.15. The number of benzene rings is 1. The molecule has 22 heavy (non-hydrogen) atoms. The molecule has 0 radical (unpaired) electrons. The van der Waals surface area contributed by atoms with Crippen molar-refractivity contribution in [1.82, 2.24) is 4.90 Å². The summed E-state index contributed by atoms with van der Waals surface area (Å²) in [7, 11) is -3.07. The van der Waals surface area contributed by atoms with E-state index in [0.29, 0.717) is 22.2 Å². The summed E-state index contributed by atoms with van der Waals surface area (Å²) in [6, 6.07) is 4.02. The van der Waals surface area contributed by atoms with Gasteiger partial charge in [-0.15, -0.1) is 6.58 Å². The first-order valence-electron chi connectivity index (χ1n) is 6.66. The average molecular weight is 363 g/mol. The van der Waals surface area contributed by atoms with Gasteiger partial charge in [0.25, 0.3) is 0 Å². The summed E-state index contributed by atoms with van der Waals surface area (Å²) in [5.74, 6) is 0.0843. The Balaban J connectivity index is 2.12. The van der Waals surface area contributed by atoms with Crippen LogP contribution in [-0.4, -0.2) is 43.4 Å². The van der Waals surface area contributed by atoms with E-state index < -0.39 is 9.84 Å². The molecule has 1 heterocycles. The van der Waals surface area contributed by atoms with Crippen molar-refractivity contribution in [3.8, 4) is 0 Å². The lowest BCUT2D eigenvalue weighted by Gasteiger charge is -2.27. The number of sulfone groups is 1. The highest BCUT2D eigenvalue weighted by Gasteiger charge is 2.34. The normalized spacial score (nSPS) is 19.6. The van der Waals surface area contributed by atoms with Crippen LogP contribution in [0.3, 0.4) is 0 Å². The average Bonchev–Trinajstić information content (AvgIpc) is 2.80. The van der Waals surface area contributed by atoms with Crippen LogP contribution in [0.2, 0.25) is 10.0 Å². The van der Waals surface area contributed by atoms with Gasteiger partial charge in [-0.25, -0.2) is 13.2 Å². The molecule has 1 fully saturated rings. The molecule has 2 amide bonds. The van der Waals surface area contributed by atoms with E-state index in [0.717, 1.165) is 0 Å². The lowest BCUT2D eigenvalue weighted by Crippen LogP contribution is -2.43. The molecular formula is C14H16Cl2N2O3S. The van der Waals surface area contributed by atoms with Gasteiger partial charge in [0.1, 0.15) is 0 Å². The number of rotatable bonds is 4. The number of nitrogens with zero attached hydrogens (tertiary/aromatic N) is 1. The molecule has 0 bridgehead atoms. The summed E-state index contributed by atoms with van der Waals surface area (Å²) in [6.45, 7) is 3.88. The van der Waals surface area contributed by atoms with E-state index in [1.54, 1.807) is 24.3 Å². The van der Waals surface area contributed by atoms with Crippen LogP contribution in [-0.2, 0) is 9.84 Å². The Morgan fingerprint density at radius 3 is 2.68 bits per heavy atom. The molecule has 0 unspecified atom stereocenters. The first-order valence-corrected chi connectivity index (χ1v) is 9.24. The maximum Gasteiger partial charge on any atom is 0.322 e. The Hall–Kier alpha value is -1.24. The molecule has 1 aliphatic rings. The third-order valence-electron chi connectivity index (χ3n) is 3.41. The lowest BCUT2D eigenvalue weighted by molar-refractivity contribution is 0.201. The van der Waals surface area contributed by atoms with E-state index in [2.05, 4.69) is 11.9 Å². The standard InChI is InChI=1S/C14H16Cl2N2O3S/c1-2-6-18(11-5-7-22(20,21)9-11)14(19)17-10-3-4-12(15)13(16)8-10/h2-4,8,11H,1,5-7,9H2,(H,17,19)/t11-/m1/s1. The van der Waals surface area contributed by atoms with Crippen LogP contribution in [0.15, 0.2) is 30.9 Å². The van der Waals surface area contributed by atoms with Crippen molar-refractivity contribution in [3.63, 3.8) is 0 Å². The number of anilines is 1. The van der Waals surface area contributed by atoms with Crippen LogP contribution in [0.5, 0.6) is 0 Å². The minimum Gasteiger partial charge on any atom is -0.317 e. The third-order valence-corrected chi connectivity index (χ3v) is 5.90. The number of carbonyl (C=O) groups is 1. The highest BCUT2D eigenvalue weighted by atomic mass is 35.5. The fourth-order valence-corrected chi connectivity index (χ4v) is 4.36. The molecule has 1 atom stereocenters. The van der Waals surface area contributed by atoms with Gasteiger partial charge in [0, 0.05) is 18.3 Å². The van der Waals surface area contributed by atoms with Gasteiger partial charge in [-0.3, -0.25) is 0 Å². The van der Waals surface area contributed by atoms with Crippen LogP contribution in [0.25, 0.3) is 0 Å². The topological polar surface area (TPSA) is 66.5 Å². The second-order valence-electron chi connectivity index (χ2n) is 5.06. The minimum atomic E-state index is -3.07. The van der Waals surface area contributed by atoms with Gasteiger partial charge in [-0.1, -0.05) is 29.3 Å². The first-order chi connectivity index (χ1) is 10.3. The van der Waals surface area contributed by atoms with Crippen molar-refractivity contribution in [1.29, 1.82) is 0 Å². The Bertz CT molecular complexity index is 691. The van der Waals surface area contributed by atoms with Crippen LogP contribution in [0.4, 0.5) is 10.5 Å². The van der Waals surface area contributed by atoms with E-state index in [-0.39, 0.29) is 30.1 Å². The maximum absolute atomic E-state index is 12.4. The Morgan fingerprint density at radius 2 is 2.14 bits per heavy atom. The summed E-state index contributed by atoms with van der Waals surface area (Å²) in [4.78, 5) is 13.9. The first kappa shape index (κ1) is 17.1. The van der Waals surface area contributed by atoms with E-state index in [9.17, 15) is 13.2 Å². The number of hydrogen-bond donors (Lipinski definition) is 1. The number of carbonyl (C=O) groups excluding carboxylic acids is 1. The number of urea groups is 1. The van der Waals surface area contributed by atoms with Crippen molar-refractivity contribution in [2.75, 3.05) is 23.4 Å². The molecule has 0 saturated carbocycles. The Morgan fingerprint density at radius 1 is 1.41 bits per heavy atom. The molecule has 1 aromatic carbocycles. The number of amides is 2. The molecule has 8 heteroatoms. The van der Waals surface area contributed by atoms with Crippen molar-refractivity contribution in [3.05, 3.63) is 40.9 Å². The monoisotopic (exact) mass is 362 g/mol. The van der Waals surface area contributed by atoms with Crippen LogP contribution in [0, 0.1) is 0 Å². The second kappa shape index (κ2) is 6.89. The Labute approximate surface area is 139 Å². The zero-order valence-electron chi connectivity index (χ0n) is 11.8. The predicted octanol–water partition coefficient (Wildman–Crippen LogP) is 3.20. The predicted molar refractivity (Wildman–Crippen MR) is 89.4 cm³/mol. The molecule has 0 aliphatic carbocycles. The summed E-state index contributed by atoms with van der Waals surface area (Å²) < 4.78 is 23.2. The van der Waals surface area contributed by atoms with Crippen molar-refractivity contribution in [2.24, 2.45) is 0 Å². The lowest BCUT2D eigenvalue weighted by atomic mass is 10.2. The molecule has 1 aliphatic heterocycles. The summed E-state index contributed by atoms with van der Waals surface area (Å²) in [6.07, 6.45) is 2.00. The molecule has 1 saturated heterocycles. The summed E-state index contributed by atoms with van der Waals surface area (Å²) >= 11 is 11.7. The number of hydrogen-bond acceptors (Lipinski definition) is 3. The fourth-order valence-electron chi connectivity index (χ4n) is 2.33. The highest BCUT2D eigenvalue weighted by molar-refractivity contribution is 7.91. The molecule has 120 valence electrons. The second-order valence-corrected chi connectivity index (χ2v) is 8.10. The molecule has 0 spiro atoms. The van der Waals surface area contributed by atoms with Crippen LogP contribution < -0.4 is 5.32 Å². The van der Waals surface area contributed by atoms with Gasteiger partial charge in [-0.2, -0.15) is 0 Å². The smallest absolute Gasteiger partial charge is 0.317 e. The largest absolute Gasteiger partial charge is 0.322 e. The van der Waals surface area contributed by atoms with Crippen LogP contribution >= 0.6 is 23.2 Å². The Kier molecular flexibility index (Phi) is 5.36. The molecule has 2 rings (SSSR count). The van der Waals surface area contributed by atoms with E-state index >= 15 is 0 Å². The highest BCUT2D eigenvalue weighted by Crippen LogP contribution is 2.26. The van der Waals surface area contributed by atoms with Gasteiger partial charge in [0.15, 0.2) is 9.84 Å². The van der Waals surface area contributed by atoms with Gasteiger partial charge in [0.2, 0.25) is 0 Å². The van der Waals surface area contributed by atoms with Crippen LogP contribution in [0.1, 0.15) is 6.42 Å². The van der Waals surface area contributed by atoms with Gasteiger partial charge in [-0.05, 0) is 24.6 Å². The maximum atomic E-state index is 12.4. The summed E-state index contributed by atoms with van der Waals surface area (Å²) in [5.41, 5.74) is 0.495. The molecule has 0 aromatic heterocycles. The van der Waals surface area contributed by atoms with E-state index in [4.69, 9.17) is 23.2 Å². The van der Waals surface area contributed by atoms with Gasteiger partial charge >= 0.3 is 6.03 Å². The minimum absolute atomic E-state index is 0.0182. The molecule has 1 N–H and O–H groups in total. The quantitative estimate of drug-likeness (QED) is 0.836. The number of nitrogens with one attached hydrogen (secondary N) is 1. The van der Waals surface area contributed by atoms with Crippen molar-refractivity contribution < 1.29 is 13.2 Å². The SMILES string of the molecule is C=CCN(C(=O)Nc1ccc(Cl)c(Cl)c1)[C@@H]1CCS(=O)(=O)C1. The van der Waals surface area contributed by atoms with Gasteiger partial charge < -0.3 is 10.2 Å². The van der Waals surface area contributed by atoms with Crippen molar-refractivity contribution >= 4 is 44.8 Å². The van der Waals surface area contributed by atoms with Gasteiger partial charge in [0.05, 0.1) is 21.6 Å². The fraction of sp³-hybridized carbons (Fsp3) is 0.357. The summed E-state index contributed by atoms with van der Waals surface area (Å²) in [5, 5.41) is 3.43. The molecule has 5 nitrogen and oxygen atoms in total. The zero-order chi connectivity index (χ0) is 16.3. The molecular weight excluding hydrogens is 347 g/mol.